The fourth-order valence-electron chi connectivity index (χ4n) is 1.85. The maximum atomic E-state index is 11.0. The van der Waals surface area contributed by atoms with Gasteiger partial charge in [-0.1, -0.05) is 6.92 Å². The number of carbonyl (C=O) groups is 1. The number of ether oxygens (including phenoxy) is 1. The zero-order valence-electron chi connectivity index (χ0n) is 12.3. The average molecular weight is 296 g/mol. The number of hydrogen-bond donors (Lipinski definition) is 2. The first-order chi connectivity index (χ1) is 9.83. The third-order valence-electron chi connectivity index (χ3n) is 2.80. The smallest absolute Gasteiger partial charge is 0.311 e. The highest BCUT2D eigenvalue weighted by atomic mass is 16.6. The number of hydrogen-bond acceptors (Lipinski definition) is 5. The molecule has 1 unspecified atom stereocenters. The van der Waals surface area contributed by atoms with Crippen molar-refractivity contribution >= 4 is 17.3 Å². The minimum absolute atomic E-state index is 0.0200. The van der Waals surface area contributed by atoms with E-state index in [1.165, 1.54) is 12.1 Å². The van der Waals surface area contributed by atoms with Crippen LogP contribution in [0.25, 0.3) is 0 Å². The number of rotatable bonds is 8. The van der Waals surface area contributed by atoms with E-state index in [-0.39, 0.29) is 30.0 Å². The molecule has 116 valence electrons. The molecule has 0 fully saturated rings. The predicted molar refractivity (Wildman–Crippen MR) is 78.8 cm³/mol. The molecule has 0 saturated carbocycles. The number of carboxylic acid groups (broad SMARTS) is 1. The molecule has 2 N–H and O–H groups in total. The summed E-state index contributed by atoms with van der Waals surface area (Å²) in [5.74, 6) is -0.722. The fourth-order valence-corrected chi connectivity index (χ4v) is 1.85. The lowest BCUT2D eigenvalue weighted by Gasteiger charge is -2.17. The van der Waals surface area contributed by atoms with Gasteiger partial charge >= 0.3 is 11.7 Å². The molecule has 7 heteroatoms. The Balaban J connectivity index is 2.98. The monoisotopic (exact) mass is 296 g/mol. The Morgan fingerprint density at radius 2 is 2.14 bits per heavy atom. The first-order valence-corrected chi connectivity index (χ1v) is 6.76. The number of carboxylic acids is 1. The second-order valence-corrected chi connectivity index (χ2v) is 4.95. The van der Waals surface area contributed by atoms with Gasteiger partial charge in [-0.3, -0.25) is 14.9 Å². The summed E-state index contributed by atoms with van der Waals surface area (Å²) in [7, 11) is 0. The van der Waals surface area contributed by atoms with Crippen LogP contribution in [0.1, 0.15) is 33.6 Å². The van der Waals surface area contributed by atoms with Crippen molar-refractivity contribution in [2.75, 3.05) is 5.32 Å². The van der Waals surface area contributed by atoms with Crippen LogP contribution >= 0.6 is 0 Å². The van der Waals surface area contributed by atoms with Gasteiger partial charge in [0.1, 0.15) is 0 Å². The number of nitro groups is 1. The molecule has 7 nitrogen and oxygen atoms in total. The van der Waals surface area contributed by atoms with Crippen LogP contribution in [0.3, 0.4) is 0 Å². The minimum Gasteiger partial charge on any atom is -0.484 e. The summed E-state index contributed by atoms with van der Waals surface area (Å²) in [5.41, 5.74) is 0.491. The van der Waals surface area contributed by atoms with Gasteiger partial charge in [-0.2, -0.15) is 0 Å². The Bertz CT molecular complexity index is 516. The third kappa shape index (κ3) is 5.29. The summed E-state index contributed by atoms with van der Waals surface area (Å²) >= 11 is 0. The zero-order chi connectivity index (χ0) is 16.0. The second-order valence-electron chi connectivity index (χ2n) is 4.95. The van der Waals surface area contributed by atoms with Gasteiger partial charge in [-0.15, -0.1) is 0 Å². The van der Waals surface area contributed by atoms with Gasteiger partial charge in [0.15, 0.2) is 5.75 Å². The van der Waals surface area contributed by atoms with Crippen molar-refractivity contribution in [1.82, 2.24) is 0 Å². The molecule has 1 aromatic carbocycles. The molecular formula is C14H20N2O5. The van der Waals surface area contributed by atoms with E-state index in [1.807, 2.05) is 6.92 Å². The quantitative estimate of drug-likeness (QED) is 0.564. The van der Waals surface area contributed by atoms with Crippen LogP contribution in [0, 0.1) is 10.1 Å². The second kappa shape index (κ2) is 7.47. The van der Waals surface area contributed by atoms with Crippen LogP contribution in [-0.4, -0.2) is 28.1 Å². The van der Waals surface area contributed by atoms with E-state index in [1.54, 1.807) is 19.9 Å². The van der Waals surface area contributed by atoms with Crippen molar-refractivity contribution in [3.63, 3.8) is 0 Å². The molecule has 1 aromatic rings. The minimum atomic E-state index is -0.894. The topological polar surface area (TPSA) is 102 Å². The molecule has 0 spiro atoms. The van der Waals surface area contributed by atoms with Crippen molar-refractivity contribution in [1.29, 1.82) is 0 Å². The molecule has 0 heterocycles. The molecule has 0 amide bonds. The maximum absolute atomic E-state index is 11.0. The van der Waals surface area contributed by atoms with E-state index < -0.39 is 10.9 Å². The summed E-state index contributed by atoms with van der Waals surface area (Å²) in [6.45, 7) is 5.43. The lowest BCUT2D eigenvalue weighted by atomic mass is 10.1. The first-order valence-electron chi connectivity index (χ1n) is 6.76. The Labute approximate surface area is 123 Å². The number of nitrogens with zero attached hydrogens (tertiary/aromatic N) is 1. The molecule has 0 aliphatic heterocycles. The Kier molecular flexibility index (Phi) is 5.95. The van der Waals surface area contributed by atoms with Gasteiger partial charge in [0.2, 0.25) is 0 Å². The summed E-state index contributed by atoms with van der Waals surface area (Å²) in [6, 6.07) is 4.20. The van der Waals surface area contributed by atoms with E-state index in [4.69, 9.17) is 9.84 Å². The molecule has 0 aliphatic rings. The highest BCUT2D eigenvalue weighted by molar-refractivity contribution is 5.68. The fraction of sp³-hybridized carbons (Fsp3) is 0.500. The highest BCUT2D eigenvalue weighted by Crippen LogP contribution is 2.31. The number of benzene rings is 1. The zero-order valence-corrected chi connectivity index (χ0v) is 12.3. The summed E-state index contributed by atoms with van der Waals surface area (Å²) in [6.07, 6.45) is 0.414. The van der Waals surface area contributed by atoms with Crippen molar-refractivity contribution < 1.29 is 19.6 Å². The summed E-state index contributed by atoms with van der Waals surface area (Å²) in [4.78, 5) is 21.2. The van der Waals surface area contributed by atoms with E-state index in [0.717, 1.165) is 0 Å². The van der Waals surface area contributed by atoms with E-state index in [2.05, 4.69) is 5.32 Å². The van der Waals surface area contributed by atoms with Gasteiger partial charge in [-0.25, -0.2) is 0 Å². The molecule has 1 rings (SSSR count). The van der Waals surface area contributed by atoms with Gasteiger partial charge in [-0.05, 0) is 26.3 Å². The van der Waals surface area contributed by atoms with Crippen molar-refractivity contribution in [3.8, 4) is 5.75 Å². The van der Waals surface area contributed by atoms with Gasteiger partial charge in [0.25, 0.3) is 0 Å². The van der Waals surface area contributed by atoms with Crippen LogP contribution in [0.15, 0.2) is 18.2 Å². The highest BCUT2D eigenvalue weighted by Gasteiger charge is 2.18. The molecule has 21 heavy (non-hydrogen) atoms. The predicted octanol–water partition coefficient (Wildman–Crippen LogP) is 3.05. The van der Waals surface area contributed by atoms with Crippen LogP contribution in [0.4, 0.5) is 11.4 Å². The largest absolute Gasteiger partial charge is 0.484 e. The average Bonchev–Trinajstić information content (AvgIpc) is 2.36. The van der Waals surface area contributed by atoms with Crippen LogP contribution in [0.5, 0.6) is 5.75 Å². The van der Waals surface area contributed by atoms with Crippen LogP contribution in [0.2, 0.25) is 0 Å². The molecular weight excluding hydrogens is 276 g/mol. The normalized spacial score (nSPS) is 12.0. The Hall–Kier alpha value is -2.31. The lowest BCUT2D eigenvalue weighted by molar-refractivity contribution is -0.386. The Morgan fingerprint density at radius 3 is 2.62 bits per heavy atom. The van der Waals surface area contributed by atoms with Gasteiger partial charge in [0, 0.05) is 23.9 Å². The number of aliphatic carboxylic acids is 1. The number of nitrogens with one attached hydrogen (secondary N) is 1. The Morgan fingerprint density at radius 1 is 1.48 bits per heavy atom. The van der Waals surface area contributed by atoms with Crippen molar-refractivity contribution in [2.45, 2.75) is 45.8 Å². The lowest BCUT2D eigenvalue weighted by Crippen LogP contribution is -2.22. The number of nitro benzene ring substituents is 1. The first kappa shape index (κ1) is 16.7. The standard InChI is InChI=1S/C14H20N2O5/c1-4-10(8-14(17)18)15-11-5-6-12(16(19)20)13(7-11)21-9(2)3/h5-7,9-10,15H,4,8H2,1-3H3,(H,17,18). The molecule has 0 aromatic heterocycles. The summed E-state index contributed by atoms with van der Waals surface area (Å²) in [5, 5.41) is 22.9. The third-order valence-corrected chi connectivity index (χ3v) is 2.80. The molecule has 0 bridgehead atoms. The van der Waals surface area contributed by atoms with E-state index >= 15 is 0 Å². The van der Waals surface area contributed by atoms with Crippen LogP contribution in [-0.2, 0) is 4.79 Å². The molecule has 0 radical (unpaired) electrons. The van der Waals surface area contributed by atoms with Crippen molar-refractivity contribution in [3.05, 3.63) is 28.3 Å². The number of anilines is 1. The van der Waals surface area contributed by atoms with Gasteiger partial charge in [0.05, 0.1) is 17.4 Å². The van der Waals surface area contributed by atoms with Gasteiger partial charge < -0.3 is 15.2 Å². The maximum Gasteiger partial charge on any atom is 0.311 e. The van der Waals surface area contributed by atoms with Crippen LogP contribution < -0.4 is 10.1 Å². The molecule has 0 saturated heterocycles. The summed E-state index contributed by atoms with van der Waals surface area (Å²) < 4.78 is 5.45. The van der Waals surface area contributed by atoms with Crippen molar-refractivity contribution in [2.24, 2.45) is 0 Å². The van der Waals surface area contributed by atoms with E-state index in [9.17, 15) is 14.9 Å². The molecule has 0 aliphatic carbocycles. The van der Waals surface area contributed by atoms with E-state index in [0.29, 0.717) is 12.1 Å². The SMILES string of the molecule is CCC(CC(=O)O)Nc1ccc([N+](=O)[O-])c(OC(C)C)c1. The molecule has 1 atom stereocenters.